The second kappa shape index (κ2) is 7.65. The first-order chi connectivity index (χ1) is 13.8. The number of benzene rings is 2. The highest BCUT2D eigenvalue weighted by Crippen LogP contribution is 2.47. The van der Waals surface area contributed by atoms with Crippen LogP contribution in [0.4, 0.5) is 0 Å². The molecule has 1 unspecified atom stereocenters. The van der Waals surface area contributed by atoms with Gasteiger partial charge in [0.05, 0.1) is 6.04 Å². The minimum atomic E-state index is -1.05. The molecule has 2 heterocycles. The number of hydrogen-bond acceptors (Lipinski definition) is 3. The van der Waals surface area contributed by atoms with Crippen LogP contribution in [0.3, 0.4) is 0 Å². The standard InChI is InChI=1S/C20H15BrCl2N4O2/c21-13-3-1-11(2-4-13)8-20-9-16(25-26-24)10-27(20)19(29)17(18(20)28)12-5-14(22)7-15(23)6-12/h1-7,16-17H,8-10H2/t16-,17?,20-/m0/s1. The highest BCUT2D eigenvalue weighted by atomic mass is 79.9. The summed E-state index contributed by atoms with van der Waals surface area (Å²) in [6, 6.07) is 12.0. The van der Waals surface area contributed by atoms with Crippen LogP contribution < -0.4 is 0 Å². The molecule has 0 N–H and O–H groups in total. The number of rotatable bonds is 4. The minimum absolute atomic E-state index is 0.209. The maximum atomic E-state index is 13.7. The van der Waals surface area contributed by atoms with Crippen LogP contribution in [0.2, 0.25) is 10.0 Å². The van der Waals surface area contributed by atoms with Crippen molar-refractivity contribution in [2.75, 3.05) is 6.54 Å². The van der Waals surface area contributed by atoms with Gasteiger partial charge in [0.1, 0.15) is 11.5 Å². The summed E-state index contributed by atoms with van der Waals surface area (Å²) in [7, 11) is 0. The zero-order valence-electron chi connectivity index (χ0n) is 15.1. The summed E-state index contributed by atoms with van der Waals surface area (Å²) in [6.45, 7) is 0.218. The van der Waals surface area contributed by atoms with Gasteiger partial charge in [0, 0.05) is 32.4 Å². The zero-order chi connectivity index (χ0) is 20.8. The number of carbonyl (C=O) groups is 2. The predicted molar refractivity (Wildman–Crippen MR) is 114 cm³/mol. The molecule has 0 bridgehead atoms. The van der Waals surface area contributed by atoms with Crippen molar-refractivity contribution >= 4 is 50.8 Å². The summed E-state index contributed by atoms with van der Waals surface area (Å²) >= 11 is 15.6. The maximum Gasteiger partial charge on any atom is 0.238 e. The van der Waals surface area contributed by atoms with E-state index in [9.17, 15) is 9.59 Å². The molecular weight excluding hydrogens is 479 g/mol. The molecular formula is C20H15BrCl2N4O2. The van der Waals surface area contributed by atoms with E-state index in [0.717, 1.165) is 10.0 Å². The van der Waals surface area contributed by atoms with Crippen LogP contribution in [0, 0.1) is 0 Å². The zero-order valence-corrected chi connectivity index (χ0v) is 18.2. The van der Waals surface area contributed by atoms with Gasteiger partial charge < -0.3 is 4.90 Å². The molecule has 2 saturated heterocycles. The lowest BCUT2D eigenvalue weighted by Gasteiger charge is -2.30. The van der Waals surface area contributed by atoms with Gasteiger partial charge in [-0.15, -0.1) is 0 Å². The van der Waals surface area contributed by atoms with Gasteiger partial charge in [0.25, 0.3) is 0 Å². The van der Waals surface area contributed by atoms with E-state index in [1.54, 1.807) is 23.1 Å². The molecule has 2 fully saturated rings. The molecule has 4 rings (SSSR count). The molecule has 0 saturated carbocycles. The van der Waals surface area contributed by atoms with Crippen LogP contribution in [0.25, 0.3) is 10.4 Å². The number of amides is 1. The van der Waals surface area contributed by atoms with Crippen molar-refractivity contribution in [1.82, 2.24) is 4.90 Å². The van der Waals surface area contributed by atoms with Gasteiger partial charge in [-0.25, -0.2) is 0 Å². The van der Waals surface area contributed by atoms with Gasteiger partial charge in [0.15, 0.2) is 5.78 Å². The van der Waals surface area contributed by atoms with E-state index < -0.39 is 17.5 Å². The summed E-state index contributed by atoms with van der Waals surface area (Å²) in [5, 5.41) is 4.53. The number of ketones is 1. The molecule has 29 heavy (non-hydrogen) atoms. The largest absolute Gasteiger partial charge is 0.328 e. The Morgan fingerprint density at radius 1 is 1.17 bits per heavy atom. The first-order valence-corrected chi connectivity index (χ1v) is 10.5. The fraction of sp³-hybridized carbons (Fsp3) is 0.300. The molecule has 0 spiro atoms. The van der Waals surface area contributed by atoms with Gasteiger partial charge in [-0.1, -0.05) is 56.4 Å². The number of Topliss-reactive ketones (excluding diaryl/α,β-unsaturated/α-hetero) is 1. The average molecular weight is 494 g/mol. The summed E-state index contributed by atoms with van der Waals surface area (Å²) in [6.07, 6.45) is 0.648. The van der Waals surface area contributed by atoms with Crippen LogP contribution in [0.5, 0.6) is 0 Å². The first kappa shape index (κ1) is 20.2. The molecule has 3 atom stereocenters. The van der Waals surface area contributed by atoms with Crippen LogP contribution in [0.15, 0.2) is 52.1 Å². The van der Waals surface area contributed by atoms with Crippen molar-refractivity contribution in [2.24, 2.45) is 5.11 Å². The molecule has 9 heteroatoms. The lowest BCUT2D eigenvalue weighted by Crippen LogP contribution is -2.46. The second-order valence-corrected chi connectivity index (χ2v) is 9.14. The van der Waals surface area contributed by atoms with Crippen molar-refractivity contribution in [3.05, 3.63) is 78.6 Å². The number of hydrogen-bond donors (Lipinski definition) is 0. The molecule has 0 aromatic heterocycles. The SMILES string of the molecule is [N-]=[N+]=N[C@@H]1CN2C(=O)C(c3cc(Cl)cc(Cl)c3)C(=O)[C@]2(Cc2ccc(Br)cc2)C1. The van der Waals surface area contributed by atoms with E-state index in [4.69, 9.17) is 28.7 Å². The van der Waals surface area contributed by atoms with Gasteiger partial charge in [-0.3, -0.25) is 9.59 Å². The number of nitrogens with zero attached hydrogens (tertiary/aromatic N) is 4. The van der Waals surface area contributed by atoms with Gasteiger partial charge >= 0.3 is 0 Å². The Morgan fingerprint density at radius 2 is 1.83 bits per heavy atom. The van der Waals surface area contributed by atoms with Gasteiger partial charge in [0.2, 0.25) is 5.91 Å². The van der Waals surface area contributed by atoms with E-state index in [1.807, 2.05) is 24.3 Å². The van der Waals surface area contributed by atoms with Crippen LogP contribution >= 0.6 is 39.1 Å². The van der Waals surface area contributed by atoms with Gasteiger partial charge in [-0.2, -0.15) is 0 Å². The number of halogens is 3. The molecule has 6 nitrogen and oxygen atoms in total. The lowest BCUT2D eigenvalue weighted by molar-refractivity contribution is -0.130. The second-order valence-electron chi connectivity index (χ2n) is 7.35. The van der Waals surface area contributed by atoms with Crippen LogP contribution in [0.1, 0.15) is 23.5 Å². The predicted octanol–water partition coefficient (Wildman–Crippen LogP) is 5.31. The first-order valence-electron chi connectivity index (χ1n) is 8.94. The fourth-order valence-corrected chi connectivity index (χ4v) is 5.21. The minimum Gasteiger partial charge on any atom is -0.328 e. The van der Waals surface area contributed by atoms with Crippen molar-refractivity contribution in [2.45, 2.75) is 30.3 Å². The van der Waals surface area contributed by atoms with E-state index >= 15 is 0 Å². The van der Waals surface area contributed by atoms with E-state index in [1.165, 1.54) is 0 Å². The Morgan fingerprint density at radius 3 is 2.45 bits per heavy atom. The molecule has 0 aliphatic carbocycles. The van der Waals surface area contributed by atoms with Crippen molar-refractivity contribution in [1.29, 1.82) is 0 Å². The molecule has 2 aliphatic heterocycles. The number of carbonyl (C=O) groups excluding carboxylic acids is 2. The fourth-order valence-electron chi connectivity index (χ4n) is 4.40. The summed E-state index contributed by atoms with van der Waals surface area (Å²) in [5.41, 5.74) is 9.21. The smallest absolute Gasteiger partial charge is 0.238 e. The maximum absolute atomic E-state index is 13.7. The molecule has 2 aliphatic rings. The van der Waals surface area contributed by atoms with Crippen LogP contribution in [-0.4, -0.2) is 34.7 Å². The topological polar surface area (TPSA) is 86.1 Å². The normalized spacial score (nSPS) is 25.8. The van der Waals surface area contributed by atoms with Crippen molar-refractivity contribution < 1.29 is 9.59 Å². The van der Waals surface area contributed by atoms with Crippen molar-refractivity contribution in [3.63, 3.8) is 0 Å². The average Bonchev–Trinajstić information content (AvgIpc) is 3.10. The molecule has 0 radical (unpaired) electrons. The van der Waals surface area contributed by atoms with Gasteiger partial charge in [-0.05, 0) is 53.4 Å². The molecule has 2 aromatic carbocycles. The Bertz CT molecular complexity index is 1030. The molecule has 148 valence electrons. The number of fused-ring (bicyclic) bond motifs is 1. The third-order valence-corrected chi connectivity index (χ3v) is 6.53. The quantitative estimate of drug-likeness (QED) is 0.250. The Kier molecular flexibility index (Phi) is 5.34. The third kappa shape index (κ3) is 3.53. The lowest BCUT2D eigenvalue weighted by atomic mass is 9.80. The van der Waals surface area contributed by atoms with E-state index in [-0.39, 0.29) is 18.2 Å². The molecule has 2 aromatic rings. The van der Waals surface area contributed by atoms with Crippen LogP contribution in [-0.2, 0) is 16.0 Å². The summed E-state index contributed by atoms with van der Waals surface area (Å²) < 4.78 is 0.925. The third-order valence-electron chi connectivity index (χ3n) is 5.56. The highest BCUT2D eigenvalue weighted by Gasteiger charge is 2.62. The number of azide groups is 1. The molecule has 1 amide bonds. The Labute approximate surface area is 185 Å². The Hall–Kier alpha value is -2.05. The monoisotopic (exact) mass is 492 g/mol. The van der Waals surface area contributed by atoms with Crippen molar-refractivity contribution in [3.8, 4) is 0 Å². The Balaban J connectivity index is 1.78. The van der Waals surface area contributed by atoms with E-state index in [2.05, 4.69) is 26.0 Å². The van der Waals surface area contributed by atoms with E-state index in [0.29, 0.717) is 28.5 Å². The summed E-state index contributed by atoms with van der Waals surface area (Å²) in [5.74, 6) is -1.48. The highest BCUT2D eigenvalue weighted by molar-refractivity contribution is 9.10. The summed E-state index contributed by atoms with van der Waals surface area (Å²) in [4.78, 5) is 31.4.